The van der Waals surface area contributed by atoms with Crippen LogP contribution >= 0.6 is 0 Å². The van der Waals surface area contributed by atoms with Crippen LogP contribution in [0.15, 0.2) is 0 Å². The SMILES string of the molecule is CCC(C)NC(=O)CNC(CO)CC(C)C. The predicted octanol–water partition coefficient (Wildman–Crippen LogP) is 0.898. The number of aliphatic hydroxyl groups is 1. The predicted molar refractivity (Wildman–Crippen MR) is 66.2 cm³/mol. The molecule has 2 atom stereocenters. The Kier molecular flexibility index (Phi) is 8.21. The van der Waals surface area contributed by atoms with Gasteiger partial charge in [0.1, 0.15) is 0 Å². The molecule has 0 saturated carbocycles. The van der Waals surface area contributed by atoms with Gasteiger partial charge in [0.2, 0.25) is 5.91 Å². The minimum atomic E-state index is -0.00319. The van der Waals surface area contributed by atoms with Crippen molar-refractivity contribution in [2.24, 2.45) is 5.92 Å². The van der Waals surface area contributed by atoms with E-state index in [1.165, 1.54) is 0 Å². The Labute approximate surface area is 98.8 Å². The Hall–Kier alpha value is -0.610. The van der Waals surface area contributed by atoms with Crippen LogP contribution in [0, 0.1) is 5.92 Å². The van der Waals surface area contributed by atoms with Crippen LogP contribution in [0.4, 0.5) is 0 Å². The monoisotopic (exact) mass is 230 g/mol. The van der Waals surface area contributed by atoms with Crippen LogP contribution < -0.4 is 10.6 Å². The van der Waals surface area contributed by atoms with Crippen LogP contribution in [-0.2, 0) is 4.79 Å². The smallest absolute Gasteiger partial charge is 0.234 e. The fraction of sp³-hybridized carbons (Fsp3) is 0.917. The highest BCUT2D eigenvalue weighted by molar-refractivity contribution is 5.78. The summed E-state index contributed by atoms with van der Waals surface area (Å²) in [6.07, 6.45) is 1.81. The second-order valence-electron chi connectivity index (χ2n) is 4.77. The number of carbonyl (C=O) groups is 1. The molecule has 1 amide bonds. The summed E-state index contributed by atoms with van der Waals surface area (Å²) < 4.78 is 0. The first kappa shape index (κ1) is 15.4. The molecule has 0 bridgehead atoms. The van der Waals surface area contributed by atoms with E-state index in [2.05, 4.69) is 24.5 Å². The van der Waals surface area contributed by atoms with Crippen LogP contribution in [0.2, 0.25) is 0 Å². The van der Waals surface area contributed by atoms with Crippen molar-refractivity contribution in [1.29, 1.82) is 0 Å². The molecule has 2 unspecified atom stereocenters. The zero-order chi connectivity index (χ0) is 12.6. The number of carbonyl (C=O) groups excluding carboxylic acids is 1. The molecule has 0 aliphatic heterocycles. The lowest BCUT2D eigenvalue weighted by Crippen LogP contribution is -2.43. The van der Waals surface area contributed by atoms with Gasteiger partial charge in [0, 0.05) is 12.1 Å². The van der Waals surface area contributed by atoms with Crippen molar-refractivity contribution in [3.05, 3.63) is 0 Å². The highest BCUT2D eigenvalue weighted by Gasteiger charge is 2.11. The number of rotatable bonds is 8. The number of amides is 1. The standard InChI is InChI=1S/C12H26N2O2/c1-5-10(4)14-12(16)7-13-11(8-15)6-9(2)3/h9-11,13,15H,5-8H2,1-4H3,(H,14,16). The van der Waals surface area contributed by atoms with Crippen molar-refractivity contribution < 1.29 is 9.90 Å². The Morgan fingerprint density at radius 3 is 2.38 bits per heavy atom. The summed E-state index contributed by atoms with van der Waals surface area (Å²) in [5.74, 6) is 0.513. The first-order chi connectivity index (χ1) is 7.49. The lowest BCUT2D eigenvalue weighted by molar-refractivity contribution is -0.121. The Balaban J connectivity index is 3.79. The summed E-state index contributed by atoms with van der Waals surface area (Å²) >= 11 is 0. The van der Waals surface area contributed by atoms with Crippen molar-refractivity contribution >= 4 is 5.91 Å². The van der Waals surface area contributed by atoms with Gasteiger partial charge in [0.05, 0.1) is 13.2 Å². The summed E-state index contributed by atoms with van der Waals surface area (Å²) in [5.41, 5.74) is 0. The Bertz CT molecular complexity index is 195. The first-order valence-corrected chi connectivity index (χ1v) is 6.13. The molecule has 96 valence electrons. The minimum absolute atomic E-state index is 0.00319. The molecule has 0 fully saturated rings. The third-order valence-corrected chi connectivity index (χ3v) is 2.55. The second-order valence-corrected chi connectivity index (χ2v) is 4.77. The summed E-state index contributed by atoms with van der Waals surface area (Å²) in [7, 11) is 0. The van der Waals surface area contributed by atoms with Gasteiger partial charge < -0.3 is 15.7 Å². The quantitative estimate of drug-likeness (QED) is 0.580. The largest absolute Gasteiger partial charge is 0.395 e. The van der Waals surface area contributed by atoms with Gasteiger partial charge in [-0.3, -0.25) is 4.79 Å². The van der Waals surface area contributed by atoms with Gasteiger partial charge in [-0.15, -0.1) is 0 Å². The average molecular weight is 230 g/mol. The maximum absolute atomic E-state index is 11.5. The second kappa shape index (κ2) is 8.53. The maximum Gasteiger partial charge on any atom is 0.234 e. The van der Waals surface area contributed by atoms with Gasteiger partial charge in [-0.05, 0) is 25.7 Å². The van der Waals surface area contributed by atoms with E-state index in [9.17, 15) is 4.79 Å². The molecule has 0 aromatic heterocycles. The van der Waals surface area contributed by atoms with Crippen LogP contribution in [0.3, 0.4) is 0 Å². The van der Waals surface area contributed by atoms with Crippen molar-refractivity contribution in [2.75, 3.05) is 13.2 Å². The lowest BCUT2D eigenvalue weighted by Gasteiger charge is -2.19. The zero-order valence-corrected chi connectivity index (χ0v) is 10.9. The number of hydrogen-bond donors (Lipinski definition) is 3. The molecule has 4 nitrogen and oxygen atoms in total. The molecule has 0 aromatic carbocycles. The average Bonchev–Trinajstić information content (AvgIpc) is 2.23. The molecule has 0 aliphatic rings. The Morgan fingerprint density at radius 2 is 1.94 bits per heavy atom. The van der Waals surface area contributed by atoms with E-state index in [-0.39, 0.29) is 31.1 Å². The van der Waals surface area contributed by atoms with Gasteiger partial charge in [0.15, 0.2) is 0 Å². The number of nitrogens with one attached hydrogen (secondary N) is 2. The van der Waals surface area contributed by atoms with Crippen LogP contribution in [0.25, 0.3) is 0 Å². The van der Waals surface area contributed by atoms with Gasteiger partial charge >= 0.3 is 0 Å². The third-order valence-electron chi connectivity index (χ3n) is 2.55. The highest BCUT2D eigenvalue weighted by Crippen LogP contribution is 2.03. The fourth-order valence-corrected chi connectivity index (χ4v) is 1.46. The zero-order valence-electron chi connectivity index (χ0n) is 10.9. The molecule has 0 aliphatic carbocycles. The molecule has 0 aromatic rings. The molecule has 0 radical (unpaired) electrons. The summed E-state index contributed by atoms with van der Waals surface area (Å²) in [6.45, 7) is 8.58. The molecule has 0 rings (SSSR count). The molecule has 16 heavy (non-hydrogen) atoms. The minimum Gasteiger partial charge on any atom is -0.395 e. The van der Waals surface area contributed by atoms with Crippen molar-refractivity contribution in [2.45, 2.75) is 52.6 Å². The van der Waals surface area contributed by atoms with Gasteiger partial charge in [0.25, 0.3) is 0 Å². The van der Waals surface area contributed by atoms with E-state index in [1.807, 2.05) is 13.8 Å². The van der Waals surface area contributed by atoms with Crippen molar-refractivity contribution in [3.8, 4) is 0 Å². The van der Waals surface area contributed by atoms with Gasteiger partial charge in [-0.1, -0.05) is 20.8 Å². The molecule has 0 spiro atoms. The molecule has 3 N–H and O–H groups in total. The van der Waals surface area contributed by atoms with E-state index >= 15 is 0 Å². The molecular formula is C12H26N2O2. The molecule has 4 heteroatoms. The maximum atomic E-state index is 11.5. The topological polar surface area (TPSA) is 61.4 Å². The van der Waals surface area contributed by atoms with Crippen LogP contribution in [-0.4, -0.2) is 36.2 Å². The third kappa shape index (κ3) is 7.65. The van der Waals surface area contributed by atoms with E-state index < -0.39 is 0 Å². The molecule has 0 heterocycles. The first-order valence-electron chi connectivity index (χ1n) is 6.13. The number of hydrogen-bond acceptors (Lipinski definition) is 3. The number of aliphatic hydroxyl groups excluding tert-OH is 1. The van der Waals surface area contributed by atoms with Crippen molar-refractivity contribution in [3.63, 3.8) is 0 Å². The Morgan fingerprint density at radius 1 is 1.31 bits per heavy atom. The molecular weight excluding hydrogens is 204 g/mol. The summed E-state index contributed by atoms with van der Waals surface area (Å²) in [6, 6.07) is 0.231. The summed E-state index contributed by atoms with van der Waals surface area (Å²) in [5, 5.41) is 15.1. The van der Waals surface area contributed by atoms with Crippen molar-refractivity contribution in [1.82, 2.24) is 10.6 Å². The lowest BCUT2D eigenvalue weighted by atomic mass is 10.0. The van der Waals surface area contributed by atoms with E-state index in [1.54, 1.807) is 0 Å². The van der Waals surface area contributed by atoms with E-state index in [4.69, 9.17) is 5.11 Å². The summed E-state index contributed by atoms with van der Waals surface area (Å²) in [4.78, 5) is 11.5. The fourth-order valence-electron chi connectivity index (χ4n) is 1.46. The highest BCUT2D eigenvalue weighted by atomic mass is 16.3. The van der Waals surface area contributed by atoms with Gasteiger partial charge in [-0.25, -0.2) is 0 Å². The van der Waals surface area contributed by atoms with Crippen LogP contribution in [0.5, 0.6) is 0 Å². The molecule has 0 saturated heterocycles. The van der Waals surface area contributed by atoms with E-state index in [0.717, 1.165) is 12.8 Å². The normalized spacial score (nSPS) is 14.9. The van der Waals surface area contributed by atoms with E-state index in [0.29, 0.717) is 5.92 Å². The van der Waals surface area contributed by atoms with Crippen LogP contribution in [0.1, 0.15) is 40.5 Å². The van der Waals surface area contributed by atoms with Gasteiger partial charge in [-0.2, -0.15) is 0 Å².